The van der Waals surface area contributed by atoms with Gasteiger partial charge >= 0.3 is 5.79 Å². The molecule has 0 radical (unpaired) electrons. The van der Waals surface area contributed by atoms with Gasteiger partial charge in [0.05, 0.1) is 11.1 Å². The maximum absolute atomic E-state index is 6.77. The Hall–Kier alpha value is -3.19. The van der Waals surface area contributed by atoms with Crippen LogP contribution in [0.1, 0.15) is 22.3 Å². The van der Waals surface area contributed by atoms with Gasteiger partial charge in [0.15, 0.2) is 11.5 Å². The monoisotopic (exact) mass is 466 g/mol. The molecular formula is C29H30O2Si2. The fraction of sp³-hybridized carbons (Fsp3) is 0.241. The van der Waals surface area contributed by atoms with E-state index in [9.17, 15) is 0 Å². The van der Waals surface area contributed by atoms with Crippen molar-refractivity contribution >= 4 is 16.1 Å². The van der Waals surface area contributed by atoms with Crippen LogP contribution in [-0.2, 0) is 5.79 Å². The minimum Gasteiger partial charge on any atom is -0.439 e. The van der Waals surface area contributed by atoms with Crippen molar-refractivity contribution in [3.63, 3.8) is 0 Å². The lowest BCUT2D eigenvalue weighted by Crippen LogP contribution is -2.36. The molecular weight excluding hydrogens is 436 g/mol. The van der Waals surface area contributed by atoms with E-state index in [2.05, 4.69) is 62.2 Å². The van der Waals surface area contributed by atoms with Gasteiger partial charge in [-0.3, -0.25) is 0 Å². The van der Waals surface area contributed by atoms with E-state index in [-0.39, 0.29) is 0 Å². The number of rotatable bonds is 2. The smallest absolute Gasteiger partial charge is 0.305 e. The number of hydrogen-bond donors (Lipinski definition) is 0. The van der Waals surface area contributed by atoms with E-state index >= 15 is 0 Å². The van der Waals surface area contributed by atoms with Gasteiger partial charge in [0, 0.05) is 11.1 Å². The first-order chi connectivity index (χ1) is 15.6. The van der Waals surface area contributed by atoms with E-state index in [0.717, 1.165) is 22.3 Å². The molecule has 1 aliphatic heterocycles. The molecule has 0 unspecified atom stereocenters. The Morgan fingerprint density at radius 1 is 0.545 bits per heavy atom. The Balaban J connectivity index is 1.94. The van der Waals surface area contributed by atoms with Gasteiger partial charge < -0.3 is 9.47 Å². The normalized spacial score (nSPS) is 14.0. The largest absolute Gasteiger partial charge is 0.439 e. The second-order valence-electron chi connectivity index (χ2n) is 10.4. The molecule has 0 spiro atoms. The van der Waals surface area contributed by atoms with Crippen LogP contribution in [0.5, 0.6) is 11.5 Å². The first-order valence-corrected chi connectivity index (χ1v) is 18.3. The maximum Gasteiger partial charge on any atom is 0.305 e. The molecule has 1 aliphatic rings. The third-order valence-corrected chi connectivity index (χ3v) is 6.81. The summed E-state index contributed by atoms with van der Waals surface area (Å²) in [6.45, 7) is 13.4. The zero-order chi connectivity index (χ0) is 23.7. The Morgan fingerprint density at radius 2 is 0.909 bits per heavy atom. The maximum atomic E-state index is 6.77. The number of hydrogen-bond acceptors (Lipinski definition) is 2. The zero-order valence-electron chi connectivity index (χ0n) is 20.2. The first-order valence-electron chi connectivity index (χ1n) is 11.3. The molecule has 0 amide bonds. The highest BCUT2D eigenvalue weighted by Gasteiger charge is 2.47. The van der Waals surface area contributed by atoms with E-state index in [1.54, 1.807) is 0 Å². The van der Waals surface area contributed by atoms with Crippen molar-refractivity contribution in [1.29, 1.82) is 0 Å². The van der Waals surface area contributed by atoms with E-state index in [4.69, 9.17) is 9.47 Å². The highest BCUT2D eigenvalue weighted by atomic mass is 28.3. The molecule has 0 saturated carbocycles. The number of fused-ring (bicyclic) bond motifs is 1. The lowest BCUT2D eigenvalue weighted by Gasteiger charge is -2.28. The van der Waals surface area contributed by atoms with Crippen molar-refractivity contribution < 1.29 is 9.47 Å². The summed E-state index contributed by atoms with van der Waals surface area (Å²) in [5, 5.41) is 0. The van der Waals surface area contributed by atoms with Crippen molar-refractivity contribution in [2.75, 3.05) is 0 Å². The van der Waals surface area contributed by atoms with Crippen molar-refractivity contribution in [3.8, 4) is 34.4 Å². The fourth-order valence-electron chi connectivity index (χ4n) is 3.50. The van der Waals surface area contributed by atoms with Gasteiger partial charge in [0.25, 0.3) is 0 Å². The van der Waals surface area contributed by atoms with Gasteiger partial charge in [-0.15, -0.1) is 11.1 Å². The SMILES string of the molecule is C[Si](C)(C)C#Cc1ccc(C#C[Si](C)(C)C)c2c1OC(c1ccccc1)(c1ccccc1)O2. The van der Waals surface area contributed by atoms with Crippen LogP contribution < -0.4 is 9.47 Å². The van der Waals surface area contributed by atoms with Gasteiger partial charge in [0.1, 0.15) is 16.1 Å². The quantitative estimate of drug-likeness (QED) is 0.305. The average Bonchev–Trinajstić information content (AvgIpc) is 3.19. The Bertz CT molecular complexity index is 1170. The van der Waals surface area contributed by atoms with E-state index < -0.39 is 21.9 Å². The molecule has 33 heavy (non-hydrogen) atoms. The van der Waals surface area contributed by atoms with Crippen LogP contribution in [0.3, 0.4) is 0 Å². The van der Waals surface area contributed by atoms with Gasteiger partial charge in [-0.05, 0) is 12.1 Å². The lowest BCUT2D eigenvalue weighted by molar-refractivity contribution is -0.0461. The van der Waals surface area contributed by atoms with E-state index in [1.807, 2.05) is 72.8 Å². The van der Waals surface area contributed by atoms with Gasteiger partial charge in [-0.1, -0.05) is 112 Å². The summed E-state index contributed by atoms with van der Waals surface area (Å²) in [5.74, 6) is 7.05. The van der Waals surface area contributed by atoms with Gasteiger partial charge in [0.2, 0.25) is 0 Å². The molecule has 0 aromatic heterocycles. The predicted octanol–water partition coefficient (Wildman–Crippen LogP) is 6.82. The summed E-state index contributed by atoms with van der Waals surface area (Å²) in [7, 11) is -3.14. The Labute approximate surface area is 200 Å². The number of benzene rings is 3. The summed E-state index contributed by atoms with van der Waals surface area (Å²) >= 11 is 0. The van der Waals surface area contributed by atoms with Crippen LogP contribution in [0.25, 0.3) is 0 Å². The highest BCUT2D eigenvalue weighted by molar-refractivity contribution is 6.84. The lowest BCUT2D eigenvalue weighted by atomic mass is 9.97. The fourth-order valence-corrected chi connectivity index (χ4v) is 4.52. The van der Waals surface area contributed by atoms with Crippen LogP contribution in [0.4, 0.5) is 0 Å². The van der Waals surface area contributed by atoms with Gasteiger partial charge in [-0.25, -0.2) is 0 Å². The molecule has 1 heterocycles. The predicted molar refractivity (Wildman–Crippen MR) is 142 cm³/mol. The molecule has 0 N–H and O–H groups in total. The highest BCUT2D eigenvalue weighted by Crippen LogP contribution is 2.50. The van der Waals surface area contributed by atoms with Crippen LogP contribution in [0.15, 0.2) is 72.8 Å². The molecule has 0 bridgehead atoms. The summed E-state index contributed by atoms with van der Waals surface area (Å²) in [6.07, 6.45) is 0. The second kappa shape index (κ2) is 8.63. The van der Waals surface area contributed by atoms with Crippen molar-refractivity contribution in [1.82, 2.24) is 0 Å². The Kier molecular flexibility index (Phi) is 6.01. The minimum atomic E-state index is -1.57. The third kappa shape index (κ3) is 5.09. The molecule has 166 valence electrons. The third-order valence-electron chi connectivity index (χ3n) is 5.06. The van der Waals surface area contributed by atoms with Crippen LogP contribution in [0, 0.1) is 22.9 Å². The molecule has 4 heteroatoms. The summed E-state index contributed by atoms with van der Waals surface area (Å²) in [5.41, 5.74) is 10.5. The number of ether oxygens (including phenoxy) is 2. The minimum absolute atomic E-state index is 0.677. The van der Waals surface area contributed by atoms with Gasteiger partial charge in [-0.2, -0.15) is 0 Å². The second-order valence-corrected chi connectivity index (χ2v) is 19.9. The van der Waals surface area contributed by atoms with E-state index in [1.165, 1.54) is 0 Å². The van der Waals surface area contributed by atoms with Crippen molar-refractivity contribution in [2.24, 2.45) is 0 Å². The summed E-state index contributed by atoms with van der Waals surface area (Å²) < 4.78 is 13.5. The van der Waals surface area contributed by atoms with E-state index in [0.29, 0.717) is 11.5 Å². The molecule has 3 aromatic carbocycles. The molecule has 4 rings (SSSR count). The topological polar surface area (TPSA) is 18.5 Å². The zero-order valence-corrected chi connectivity index (χ0v) is 22.2. The molecule has 0 saturated heterocycles. The van der Waals surface area contributed by atoms with Crippen LogP contribution >= 0.6 is 0 Å². The van der Waals surface area contributed by atoms with Crippen molar-refractivity contribution in [2.45, 2.75) is 45.1 Å². The average molecular weight is 467 g/mol. The molecule has 3 aromatic rings. The molecule has 0 atom stereocenters. The summed E-state index contributed by atoms with van der Waals surface area (Å²) in [4.78, 5) is 0. The molecule has 2 nitrogen and oxygen atoms in total. The Morgan fingerprint density at radius 3 is 1.24 bits per heavy atom. The van der Waals surface area contributed by atoms with Crippen LogP contribution in [-0.4, -0.2) is 16.1 Å². The standard InChI is InChI=1S/C29H30O2Si2/c1-32(2,3)21-19-23-17-18-24(20-22-33(4,5)6)28-27(23)30-29(31-28,25-13-9-7-10-14-25)26-15-11-8-12-16-26/h7-18H,1-6H3. The molecule has 0 fully saturated rings. The van der Waals surface area contributed by atoms with Crippen LogP contribution in [0.2, 0.25) is 39.3 Å². The van der Waals surface area contributed by atoms with Crippen molar-refractivity contribution in [3.05, 3.63) is 95.1 Å². The summed E-state index contributed by atoms with van der Waals surface area (Å²) in [6, 6.07) is 24.2. The molecule has 0 aliphatic carbocycles. The first kappa shape index (κ1) is 23.0.